The van der Waals surface area contributed by atoms with Crippen LogP contribution in [-0.4, -0.2) is 35.8 Å². The predicted octanol–water partition coefficient (Wildman–Crippen LogP) is 4.00. The number of fused-ring (bicyclic) bond motifs is 1. The number of hydrogen-bond acceptors (Lipinski definition) is 3. The molecule has 2 aliphatic rings. The van der Waals surface area contributed by atoms with Gasteiger partial charge in [0.05, 0.1) is 5.41 Å². The number of rotatable bonds is 7. The van der Waals surface area contributed by atoms with E-state index < -0.39 is 0 Å². The summed E-state index contributed by atoms with van der Waals surface area (Å²) in [5, 5.41) is 5.29. The van der Waals surface area contributed by atoms with E-state index >= 15 is 0 Å². The van der Waals surface area contributed by atoms with Gasteiger partial charge < -0.3 is 10.2 Å². The SMILES string of the molecule is CC(C)CCN1C(=O)CC[C@]2(C(=O)NCCc3cccs3)CCCC[C@@H]12. The van der Waals surface area contributed by atoms with E-state index in [0.29, 0.717) is 18.9 Å². The zero-order valence-corrected chi connectivity index (χ0v) is 16.9. The molecule has 1 saturated heterocycles. The molecular formula is C21H32N2O2S. The van der Waals surface area contributed by atoms with Crippen molar-refractivity contribution in [3.05, 3.63) is 22.4 Å². The Morgan fingerprint density at radius 2 is 2.23 bits per heavy atom. The molecule has 144 valence electrons. The van der Waals surface area contributed by atoms with Gasteiger partial charge in [0.25, 0.3) is 0 Å². The largest absolute Gasteiger partial charge is 0.355 e. The number of piperidine rings is 1. The molecule has 4 nitrogen and oxygen atoms in total. The average molecular weight is 377 g/mol. The lowest BCUT2D eigenvalue weighted by molar-refractivity contribution is -0.155. The van der Waals surface area contributed by atoms with Crippen molar-refractivity contribution in [3.63, 3.8) is 0 Å². The van der Waals surface area contributed by atoms with Crippen LogP contribution in [0.3, 0.4) is 0 Å². The Balaban J connectivity index is 1.68. The molecule has 0 spiro atoms. The van der Waals surface area contributed by atoms with E-state index in [1.807, 2.05) is 0 Å². The van der Waals surface area contributed by atoms with Gasteiger partial charge in [0.15, 0.2) is 0 Å². The average Bonchev–Trinajstić information content (AvgIpc) is 3.14. The third-order valence-electron chi connectivity index (χ3n) is 6.11. The van der Waals surface area contributed by atoms with Crippen LogP contribution in [0, 0.1) is 11.3 Å². The lowest BCUT2D eigenvalue weighted by Gasteiger charge is -2.51. The number of nitrogens with zero attached hydrogens (tertiary/aromatic N) is 1. The number of thiophene rings is 1. The summed E-state index contributed by atoms with van der Waals surface area (Å²) in [4.78, 5) is 29.2. The molecule has 1 aromatic heterocycles. The van der Waals surface area contributed by atoms with Crippen LogP contribution in [0.15, 0.2) is 17.5 Å². The molecule has 0 aromatic carbocycles. The van der Waals surface area contributed by atoms with E-state index in [9.17, 15) is 9.59 Å². The molecule has 2 amide bonds. The van der Waals surface area contributed by atoms with E-state index in [-0.39, 0.29) is 23.3 Å². The number of amides is 2. The van der Waals surface area contributed by atoms with Gasteiger partial charge in [-0.3, -0.25) is 9.59 Å². The zero-order chi connectivity index (χ0) is 18.6. The Hall–Kier alpha value is -1.36. The molecule has 0 radical (unpaired) electrons. The summed E-state index contributed by atoms with van der Waals surface area (Å²) >= 11 is 1.74. The quantitative estimate of drug-likeness (QED) is 0.782. The second-order valence-electron chi connectivity index (χ2n) is 8.27. The topological polar surface area (TPSA) is 49.4 Å². The van der Waals surface area contributed by atoms with Crippen LogP contribution in [0.1, 0.15) is 63.7 Å². The highest BCUT2D eigenvalue weighted by atomic mass is 32.1. The minimum absolute atomic E-state index is 0.0954. The van der Waals surface area contributed by atoms with Crippen LogP contribution >= 0.6 is 11.3 Å². The van der Waals surface area contributed by atoms with Crippen molar-refractivity contribution in [2.24, 2.45) is 11.3 Å². The Morgan fingerprint density at radius 1 is 1.38 bits per heavy atom. The lowest BCUT2D eigenvalue weighted by atomic mass is 9.64. The third-order valence-corrected chi connectivity index (χ3v) is 7.04. The number of likely N-dealkylation sites (tertiary alicyclic amines) is 1. The molecule has 1 aromatic rings. The number of hydrogen-bond donors (Lipinski definition) is 1. The Kier molecular flexibility index (Phi) is 6.38. The smallest absolute Gasteiger partial charge is 0.228 e. The van der Waals surface area contributed by atoms with Crippen LogP contribution in [-0.2, 0) is 16.0 Å². The third kappa shape index (κ3) is 4.13. The molecule has 0 bridgehead atoms. The fourth-order valence-corrected chi connectivity index (χ4v) is 5.31. The van der Waals surface area contributed by atoms with Crippen LogP contribution in [0.5, 0.6) is 0 Å². The molecule has 1 N–H and O–H groups in total. The van der Waals surface area contributed by atoms with Gasteiger partial charge in [-0.15, -0.1) is 11.3 Å². The summed E-state index contributed by atoms with van der Waals surface area (Å²) < 4.78 is 0. The van der Waals surface area contributed by atoms with Gasteiger partial charge in [-0.2, -0.15) is 0 Å². The van der Waals surface area contributed by atoms with Crippen molar-refractivity contribution in [1.82, 2.24) is 10.2 Å². The minimum atomic E-state index is -0.363. The molecule has 0 unspecified atom stereocenters. The van der Waals surface area contributed by atoms with Crippen LogP contribution in [0.25, 0.3) is 0 Å². The van der Waals surface area contributed by atoms with Gasteiger partial charge in [-0.05, 0) is 49.5 Å². The highest BCUT2D eigenvalue weighted by Crippen LogP contribution is 2.46. The molecule has 5 heteroatoms. The van der Waals surface area contributed by atoms with Crippen molar-refractivity contribution in [3.8, 4) is 0 Å². The minimum Gasteiger partial charge on any atom is -0.355 e. The maximum atomic E-state index is 13.2. The monoisotopic (exact) mass is 376 g/mol. The first-order valence-electron chi connectivity index (χ1n) is 10.1. The van der Waals surface area contributed by atoms with Gasteiger partial charge in [-0.1, -0.05) is 32.8 Å². The number of carbonyl (C=O) groups is 2. The van der Waals surface area contributed by atoms with Gasteiger partial charge in [-0.25, -0.2) is 0 Å². The van der Waals surface area contributed by atoms with Crippen LogP contribution in [0.2, 0.25) is 0 Å². The summed E-state index contributed by atoms with van der Waals surface area (Å²) in [5.74, 6) is 1.00. The second kappa shape index (κ2) is 8.55. The number of nitrogens with one attached hydrogen (secondary N) is 1. The lowest BCUT2D eigenvalue weighted by Crippen LogP contribution is -2.62. The molecule has 2 atom stereocenters. The van der Waals surface area contributed by atoms with Gasteiger partial charge in [0, 0.05) is 30.4 Å². The fraction of sp³-hybridized carbons (Fsp3) is 0.714. The van der Waals surface area contributed by atoms with Crippen molar-refractivity contribution in [1.29, 1.82) is 0 Å². The highest BCUT2D eigenvalue weighted by molar-refractivity contribution is 7.09. The van der Waals surface area contributed by atoms with E-state index in [1.165, 1.54) is 4.88 Å². The summed E-state index contributed by atoms with van der Waals surface area (Å²) in [6.45, 7) is 5.87. The molecule has 1 aliphatic heterocycles. The van der Waals surface area contributed by atoms with E-state index in [4.69, 9.17) is 0 Å². The van der Waals surface area contributed by atoms with Crippen molar-refractivity contribution in [2.45, 2.75) is 71.3 Å². The highest BCUT2D eigenvalue weighted by Gasteiger charge is 2.52. The predicted molar refractivity (Wildman–Crippen MR) is 106 cm³/mol. The van der Waals surface area contributed by atoms with Gasteiger partial charge in [0.2, 0.25) is 11.8 Å². The Bertz CT molecular complexity index is 614. The van der Waals surface area contributed by atoms with E-state index in [2.05, 4.69) is 41.6 Å². The maximum Gasteiger partial charge on any atom is 0.228 e. The molecule has 2 heterocycles. The Labute approximate surface area is 161 Å². The molecule has 2 fully saturated rings. The van der Waals surface area contributed by atoms with Crippen LogP contribution in [0.4, 0.5) is 0 Å². The standard InChI is InChI=1S/C21H32N2O2S/c1-16(2)10-14-23-18-7-3-4-11-21(18,12-8-19(23)24)20(25)22-13-9-17-6-5-15-26-17/h5-6,15-16,18H,3-4,7-14H2,1-2H3,(H,22,25)/t18-,21-/m1/s1. The van der Waals surface area contributed by atoms with Crippen LogP contribution < -0.4 is 5.32 Å². The molecule has 3 rings (SSSR count). The van der Waals surface area contributed by atoms with E-state index in [0.717, 1.165) is 51.5 Å². The summed E-state index contributed by atoms with van der Waals surface area (Å²) in [7, 11) is 0. The van der Waals surface area contributed by atoms with Gasteiger partial charge >= 0.3 is 0 Å². The maximum absolute atomic E-state index is 13.2. The fourth-order valence-electron chi connectivity index (χ4n) is 4.60. The normalized spacial score (nSPS) is 26.0. The summed E-state index contributed by atoms with van der Waals surface area (Å²) in [5.41, 5.74) is -0.363. The second-order valence-corrected chi connectivity index (χ2v) is 9.30. The zero-order valence-electron chi connectivity index (χ0n) is 16.1. The van der Waals surface area contributed by atoms with Crippen molar-refractivity contribution < 1.29 is 9.59 Å². The first-order valence-corrected chi connectivity index (χ1v) is 11.0. The first-order chi connectivity index (χ1) is 12.5. The first kappa shape index (κ1) is 19.4. The molecule has 1 aliphatic carbocycles. The summed E-state index contributed by atoms with van der Waals surface area (Å²) in [6, 6.07) is 4.26. The Morgan fingerprint density at radius 3 is 2.96 bits per heavy atom. The van der Waals surface area contributed by atoms with Crippen molar-refractivity contribution in [2.75, 3.05) is 13.1 Å². The van der Waals surface area contributed by atoms with E-state index in [1.54, 1.807) is 11.3 Å². The molecule has 1 saturated carbocycles. The van der Waals surface area contributed by atoms with Crippen molar-refractivity contribution >= 4 is 23.2 Å². The number of carbonyl (C=O) groups excluding carboxylic acids is 2. The summed E-state index contributed by atoms with van der Waals surface area (Å²) in [6.07, 6.45) is 7.27. The molecular weight excluding hydrogens is 344 g/mol. The molecule has 26 heavy (non-hydrogen) atoms. The van der Waals surface area contributed by atoms with Gasteiger partial charge in [0.1, 0.15) is 0 Å².